The lowest BCUT2D eigenvalue weighted by atomic mass is 10.2. The standard InChI is InChI=1S/C14H10ClO2S/c15-12-5-3-4-11(8-12)9-18-14-7-2-1-6-13(14)17-10-16/h1-8H,9H2. The molecule has 0 fully saturated rings. The topological polar surface area (TPSA) is 26.3 Å². The summed E-state index contributed by atoms with van der Waals surface area (Å²) in [5.74, 6) is 1.29. The molecule has 0 amide bonds. The first-order chi connectivity index (χ1) is 8.79. The van der Waals surface area contributed by atoms with E-state index in [4.69, 9.17) is 16.3 Å². The maximum absolute atomic E-state index is 10.3. The Morgan fingerprint density at radius 2 is 2.00 bits per heavy atom. The number of hydrogen-bond acceptors (Lipinski definition) is 3. The van der Waals surface area contributed by atoms with E-state index in [-0.39, 0.29) is 0 Å². The third kappa shape index (κ3) is 3.52. The normalized spacial score (nSPS) is 10.1. The SMILES string of the molecule is O=[C]Oc1ccccc1SCc1cccc(Cl)c1. The summed E-state index contributed by atoms with van der Waals surface area (Å²) in [6.45, 7) is 1.45. The van der Waals surface area contributed by atoms with Gasteiger partial charge in [0.15, 0.2) is 0 Å². The summed E-state index contributed by atoms with van der Waals surface area (Å²) in [6, 6.07) is 15.0. The fraction of sp³-hybridized carbons (Fsp3) is 0.0714. The summed E-state index contributed by atoms with van der Waals surface area (Å²) >= 11 is 7.51. The van der Waals surface area contributed by atoms with Crippen LogP contribution >= 0.6 is 23.4 Å². The first-order valence-electron chi connectivity index (χ1n) is 5.30. The van der Waals surface area contributed by atoms with Crippen LogP contribution in [0.4, 0.5) is 0 Å². The molecule has 2 aromatic rings. The van der Waals surface area contributed by atoms with Gasteiger partial charge in [-0.1, -0.05) is 35.9 Å². The van der Waals surface area contributed by atoms with E-state index < -0.39 is 0 Å². The van der Waals surface area contributed by atoms with Crippen LogP contribution in [0.2, 0.25) is 5.02 Å². The van der Waals surface area contributed by atoms with Gasteiger partial charge in [-0.15, -0.1) is 11.8 Å². The van der Waals surface area contributed by atoms with Gasteiger partial charge in [-0.3, -0.25) is 0 Å². The zero-order chi connectivity index (χ0) is 12.8. The minimum Gasteiger partial charge on any atom is -0.417 e. The van der Waals surface area contributed by atoms with E-state index in [9.17, 15) is 4.79 Å². The van der Waals surface area contributed by atoms with E-state index in [0.29, 0.717) is 5.75 Å². The quantitative estimate of drug-likeness (QED) is 0.771. The van der Waals surface area contributed by atoms with Gasteiger partial charge in [-0.05, 0) is 29.8 Å². The van der Waals surface area contributed by atoms with E-state index in [1.165, 1.54) is 6.47 Å². The number of halogens is 1. The first-order valence-corrected chi connectivity index (χ1v) is 6.66. The molecular weight excluding hydrogens is 268 g/mol. The molecule has 0 aromatic heterocycles. The summed E-state index contributed by atoms with van der Waals surface area (Å²) in [5.41, 5.74) is 1.12. The molecule has 91 valence electrons. The van der Waals surface area contributed by atoms with Crippen LogP contribution in [-0.2, 0) is 10.5 Å². The summed E-state index contributed by atoms with van der Waals surface area (Å²) in [6.07, 6.45) is 0. The molecule has 2 nitrogen and oxygen atoms in total. The molecule has 0 atom stereocenters. The maximum Gasteiger partial charge on any atom is 0.423 e. The van der Waals surface area contributed by atoms with Crippen LogP contribution in [0, 0.1) is 0 Å². The van der Waals surface area contributed by atoms with Crippen LogP contribution in [0.5, 0.6) is 5.75 Å². The Morgan fingerprint density at radius 3 is 2.78 bits per heavy atom. The predicted molar refractivity (Wildman–Crippen MR) is 73.8 cm³/mol. The molecule has 0 saturated carbocycles. The van der Waals surface area contributed by atoms with Crippen molar-refractivity contribution in [1.29, 1.82) is 0 Å². The highest BCUT2D eigenvalue weighted by molar-refractivity contribution is 7.98. The van der Waals surface area contributed by atoms with Gasteiger partial charge < -0.3 is 4.74 Å². The Balaban J connectivity index is 2.08. The van der Waals surface area contributed by atoms with Gasteiger partial charge in [0.1, 0.15) is 5.75 Å². The second-order valence-electron chi connectivity index (χ2n) is 3.55. The molecule has 4 heteroatoms. The average Bonchev–Trinajstić information content (AvgIpc) is 2.38. The van der Waals surface area contributed by atoms with Crippen molar-refractivity contribution < 1.29 is 9.53 Å². The highest BCUT2D eigenvalue weighted by atomic mass is 35.5. The summed E-state index contributed by atoms with van der Waals surface area (Å²) in [7, 11) is 0. The van der Waals surface area contributed by atoms with Crippen molar-refractivity contribution >= 4 is 29.8 Å². The highest BCUT2D eigenvalue weighted by Crippen LogP contribution is 2.31. The molecule has 2 aromatic carbocycles. The molecule has 0 aliphatic heterocycles. The molecule has 0 bridgehead atoms. The second kappa shape index (κ2) is 6.47. The van der Waals surface area contributed by atoms with Crippen molar-refractivity contribution in [3.63, 3.8) is 0 Å². The van der Waals surface area contributed by atoms with Crippen LogP contribution in [-0.4, -0.2) is 6.47 Å². The Labute approximate surface area is 115 Å². The van der Waals surface area contributed by atoms with Crippen LogP contribution in [0.15, 0.2) is 53.4 Å². The number of benzene rings is 2. The number of rotatable bonds is 5. The van der Waals surface area contributed by atoms with E-state index in [1.54, 1.807) is 17.8 Å². The lowest BCUT2D eigenvalue weighted by Gasteiger charge is -2.06. The number of thioether (sulfide) groups is 1. The molecule has 18 heavy (non-hydrogen) atoms. The van der Waals surface area contributed by atoms with E-state index >= 15 is 0 Å². The fourth-order valence-corrected chi connectivity index (χ4v) is 2.63. The minimum atomic E-state index is 0.527. The van der Waals surface area contributed by atoms with Gasteiger partial charge in [-0.2, -0.15) is 0 Å². The third-order valence-corrected chi connectivity index (χ3v) is 3.65. The zero-order valence-electron chi connectivity index (χ0n) is 9.43. The minimum absolute atomic E-state index is 0.527. The van der Waals surface area contributed by atoms with Crippen molar-refractivity contribution in [3.05, 3.63) is 59.1 Å². The van der Waals surface area contributed by atoms with Gasteiger partial charge in [0.05, 0.1) is 4.90 Å². The largest absolute Gasteiger partial charge is 0.423 e. The van der Waals surface area contributed by atoms with Crippen molar-refractivity contribution in [1.82, 2.24) is 0 Å². The van der Waals surface area contributed by atoms with E-state index in [0.717, 1.165) is 21.2 Å². The lowest BCUT2D eigenvalue weighted by molar-refractivity contribution is 0.437. The van der Waals surface area contributed by atoms with Gasteiger partial charge >= 0.3 is 6.47 Å². The molecule has 0 aliphatic carbocycles. The van der Waals surface area contributed by atoms with Crippen LogP contribution in [0.3, 0.4) is 0 Å². The molecule has 0 saturated heterocycles. The third-order valence-electron chi connectivity index (χ3n) is 2.28. The maximum atomic E-state index is 10.3. The van der Waals surface area contributed by atoms with Crippen molar-refractivity contribution in [2.24, 2.45) is 0 Å². The second-order valence-corrected chi connectivity index (χ2v) is 5.00. The van der Waals surface area contributed by atoms with Crippen molar-refractivity contribution in [2.45, 2.75) is 10.6 Å². The van der Waals surface area contributed by atoms with Gasteiger partial charge in [0.2, 0.25) is 0 Å². The zero-order valence-corrected chi connectivity index (χ0v) is 11.0. The summed E-state index contributed by atoms with van der Waals surface area (Å²) < 4.78 is 4.80. The Kier molecular flexibility index (Phi) is 4.67. The summed E-state index contributed by atoms with van der Waals surface area (Å²) in [5, 5.41) is 0.721. The fourth-order valence-electron chi connectivity index (χ4n) is 1.49. The van der Waals surface area contributed by atoms with Crippen LogP contribution < -0.4 is 4.74 Å². The van der Waals surface area contributed by atoms with E-state index in [1.807, 2.05) is 42.5 Å². The molecule has 1 radical (unpaired) electrons. The Morgan fingerprint density at radius 1 is 1.17 bits per heavy atom. The number of hydrogen-bond donors (Lipinski definition) is 0. The lowest BCUT2D eigenvalue weighted by Crippen LogP contribution is -1.90. The predicted octanol–water partition coefficient (Wildman–Crippen LogP) is 4.08. The number of para-hydroxylation sites is 1. The van der Waals surface area contributed by atoms with Gasteiger partial charge in [0, 0.05) is 10.8 Å². The molecule has 0 unspecified atom stereocenters. The molecular formula is C14H10ClO2S. The average molecular weight is 278 g/mol. The molecule has 0 N–H and O–H groups in total. The first kappa shape index (κ1) is 13.0. The smallest absolute Gasteiger partial charge is 0.417 e. The highest BCUT2D eigenvalue weighted by Gasteiger charge is 2.04. The van der Waals surface area contributed by atoms with E-state index in [2.05, 4.69) is 0 Å². The Hall–Kier alpha value is -1.45. The monoisotopic (exact) mass is 277 g/mol. The van der Waals surface area contributed by atoms with Crippen LogP contribution in [0.25, 0.3) is 0 Å². The van der Waals surface area contributed by atoms with Crippen LogP contribution in [0.1, 0.15) is 5.56 Å². The van der Waals surface area contributed by atoms with Gasteiger partial charge in [0.25, 0.3) is 0 Å². The number of ether oxygens (including phenoxy) is 1. The number of carbonyl (C=O) groups excluding carboxylic acids is 1. The van der Waals surface area contributed by atoms with Crippen molar-refractivity contribution in [3.8, 4) is 5.75 Å². The van der Waals surface area contributed by atoms with Gasteiger partial charge in [-0.25, -0.2) is 4.79 Å². The molecule has 0 aliphatic rings. The molecule has 2 rings (SSSR count). The Bertz CT molecular complexity index is 543. The molecule has 0 spiro atoms. The van der Waals surface area contributed by atoms with Crippen molar-refractivity contribution in [2.75, 3.05) is 0 Å². The summed E-state index contributed by atoms with van der Waals surface area (Å²) in [4.78, 5) is 11.2. The molecule has 0 heterocycles.